The molecule has 1 saturated heterocycles. The van der Waals surface area contributed by atoms with Crippen LogP contribution in [0, 0.1) is 11.3 Å². The van der Waals surface area contributed by atoms with Gasteiger partial charge in [0, 0.05) is 44.5 Å². The van der Waals surface area contributed by atoms with Crippen LogP contribution in [0.2, 0.25) is 0 Å². The Labute approximate surface area is 143 Å². The first-order valence-electron chi connectivity index (χ1n) is 8.73. The highest BCUT2D eigenvalue weighted by molar-refractivity contribution is 5.75. The first kappa shape index (κ1) is 16.8. The van der Waals surface area contributed by atoms with E-state index in [2.05, 4.69) is 21.4 Å². The minimum absolute atomic E-state index is 0.00423. The fourth-order valence-electron chi connectivity index (χ4n) is 3.84. The highest BCUT2D eigenvalue weighted by Gasteiger charge is 2.30. The number of nitrogens with zero attached hydrogens (tertiary/aromatic N) is 5. The molecule has 1 N–H and O–H groups in total. The number of nitriles is 1. The summed E-state index contributed by atoms with van der Waals surface area (Å²) in [5.74, 6) is 0. The van der Waals surface area contributed by atoms with E-state index in [9.17, 15) is 4.79 Å². The molecule has 1 aromatic heterocycles. The first-order valence-corrected chi connectivity index (χ1v) is 8.73. The second kappa shape index (κ2) is 7.22. The molecule has 0 saturated carbocycles. The predicted octanol–water partition coefficient (Wildman–Crippen LogP) is 1.43. The van der Waals surface area contributed by atoms with Gasteiger partial charge in [-0.15, -0.1) is 0 Å². The van der Waals surface area contributed by atoms with E-state index < -0.39 is 0 Å². The number of hydrogen-bond acceptors (Lipinski definition) is 4. The summed E-state index contributed by atoms with van der Waals surface area (Å²) in [7, 11) is 3.85. The molecule has 7 nitrogen and oxygen atoms in total. The Morgan fingerprint density at radius 3 is 2.92 bits per heavy atom. The molecular formula is C17H26N6O. The van der Waals surface area contributed by atoms with Crippen LogP contribution in [0.25, 0.3) is 0 Å². The van der Waals surface area contributed by atoms with Crippen LogP contribution >= 0.6 is 0 Å². The number of likely N-dealkylation sites (tertiary alicyclic amines) is 1. The van der Waals surface area contributed by atoms with Gasteiger partial charge in [-0.1, -0.05) is 0 Å². The van der Waals surface area contributed by atoms with Gasteiger partial charge in [0.25, 0.3) is 0 Å². The highest BCUT2D eigenvalue weighted by atomic mass is 16.2. The maximum atomic E-state index is 12.7. The molecule has 1 aliphatic heterocycles. The quantitative estimate of drug-likeness (QED) is 0.851. The van der Waals surface area contributed by atoms with Crippen molar-refractivity contribution in [3.63, 3.8) is 0 Å². The van der Waals surface area contributed by atoms with Crippen LogP contribution in [0.4, 0.5) is 4.79 Å². The van der Waals surface area contributed by atoms with Crippen molar-refractivity contribution in [2.45, 2.75) is 44.2 Å². The summed E-state index contributed by atoms with van der Waals surface area (Å²) in [5, 5.41) is 16.3. The summed E-state index contributed by atoms with van der Waals surface area (Å²) in [4.78, 5) is 16.6. The van der Waals surface area contributed by atoms with Crippen molar-refractivity contribution in [1.82, 2.24) is 24.9 Å². The van der Waals surface area contributed by atoms with Crippen LogP contribution in [0.15, 0.2) is 6.20 Å². The van der Waals surface area contributed by atoms with E-state index in [1.54, 1.807) is 0 Å². The first-order chi connectivity index (χ1) is 11.6. The molecule has 3 rings (SSSR count). The number of fused-ring (bicyclic) bond motifs is 1. The van der Waals surface area contributed by atoms with E-state index in [0.717, 1.165) is 45.2 Å². The number of amides is 2. The van der Waals surface area contributed by atoms with Crippen LogP contribution < -0.4 is 5.32 Å². The SMILES string of the molecule is CN(C(=O)NC1CCN(CC#N)CC1)C1CCCc2c1cnn2C. The molecule has 1 aromatic rings. The summed E-state index contributed by atoms with van der Waals surface area (Å²) < 4.78 is 1.93. The molecule has 0 aromatic carbocycles. The van der Waals surface area contributed by atoms with Gasteiger partial charge in [-0.05, 0) is 32.1 Å². The Hall–Kier alpha value is -2.07. The number of carbonyl (C=O) groups excluding carboxylic acids is 1. The largest absolute Gasteiger partial charge is 0.335 e. The number of nitrogens with one attached hydrogen (secondary N) is 1. The van der Waals surface area contributed by atoms with Gasteiger partial charge in [-0.3, -0.25) is 9.58 Å². The lowest BCUT2D eigenvalue weighted by atomic mass is 9.92. The lowest BCUT2D eigenvalue weighted by molar-refractivity contribution is 0.167. The fourth-order valence-corrected chi connectivity index (χ4v) is 3.84. The predicted molar refractivity (Wildman–Crippen MR) is 90.3 cm³/mol. The third kappa shape index (κ3) is 3.39. The molecule has 0 spiro atoms. The molecule has 2 heterocycles. The topological polar surface area (TPSA) is 77.2 Å². The van der Waals surface area contributed by atoms with E-state index in [0.29, 0.717) is 6.54 Å². The molecule has 7 heteroatoms. The van der Waals surface area contributed by atoms with Crippen molar-refractivity contribution < 1.29 is 4.79 Å². The second-order valence-corrected chi connectivity index (χ2v) is 6.85. The maximum Gasteiger partial charge on any atom is 0.317 e. The average Bonchev–Trinajstić information content (AvgIpc) is 2.97. The third-order valence-corrected chi connectivity index (χ3v) is 5.34. The Balaban J connectivity index is 1.57. The lowest BCUT2D eigenvalue weighted by Crippen LogP contribution is -2.49. The number of hydrogen-bond donors (Lipinski definition) is 1. The van der Waals surface area contributed by atoms with Gasteiger partial charge >= 0.3 is 6.03 Å². The van der Waals surface area contributed by atoms with Crippen LogP contribution in [-0.2, 0) is 13.5 Å². The Kier molecular flexibility index (Phi) is 5.05. The fraction of sp³-hybridized carbons (Fsp3) is 0.706. The molecule has 1 aliphatic carbocycles. The zero-order chi connectivity index (χ0) is 17.1. The summed E-state index contributed by atoms with van der Waals surface area (Å²) in [6, 6.07) is 2.50. The highest BCUT2D eigenvalue weighted by Crippen LogP contribution is 2.33. The van der Waals surface area contributed by atoms with E-state index in [1.165, 1.54) is 11.3 Å². The van der Waals surface area contributed by atoms with Gasteiger partial charge in [-0.25, -0.2) is 4.79 Å². The molecule has 2 aliphatic rings. The minimum atomic E-state index is -0.00423. The van der Waals surface area contributed by atoms with Gasteiger partial charge in [0.15, 0.2) is 0 Å². The zero-order valence-corrected chi connectivity index (χ0v) is 14.5. The van der Waals surface area contributed by atoms with Gasteiger partial charge in [0.1, 0.15) is 0 Å². The average molecular weight is 330 g/mol. The van der Waals surface area contributed by atoms with Crippen LogP contribution in [0.1, 0.15) is 43.0 Å². The standard InChI is InChI=1S/C17H26N6O/c1-21(15-4-3-5-16-14(15)12-19-22(16)2)17(24)20-13-6-9-23(10-7-13)11-8-18/h12-13,15H,3-7,9-11H2,1-2H3,(H,20,24). The molecule has 24 heavy (non-hydrogen) atoms. The van der Waals surface area contributed by atoms with E-state index in [4.69, 9.17) is 5.26 Å². The smallest absolute Gasteiger partial charge is 0.317 e. The number of piperidine rings is 1. The summed E-state index contributed by atoms with van der Waals surface area (Å²) in [5.41, 5.74) is 2.43. The summed E-state index contributed by atoms with van der Waals surface area (Å²) >= 11 is 0. The Morgan fingerprint density at radius 2 is 2.21 bits per heavy atom. The lowest BCUT2D eigenvalue weighted by Gasteiger charge is -2.35. The molecule has 1 unspecified atom stereocenters. The number of urea groups is 1. The monoisotopic (exact) mass is 330 g/mol. The van der Waals surface area contributed by atoms with E-state index >= 15 is 0 Å². The van der Waals surface area contributed by atoms with Crippen molar-refractivity contribution in [1.29, 1.82) is 5.26 Å². The number of rotatable bonds is 3. The molecule has 1 fully saturated rings. The zero-order valence-electron chi connectivity index (χ0n) is 14.5. The van der Waals surface area contributed by atoms with Crippen molar-refractivity contribution in [2.75, 3.05) is 26.7 Å². The molecular weight excluding hydrogens is 304 g/mol. The molecule has 2 amide bonds. The van der Waals surface area contributed by atoms with E-state index in [1.807, 2.05) is 29.9 Å². The Bertz CT molecular complexity index is 626. The van der Waals surface area contributed by atoms with Crippen LogP contribution in [-0.4, -0.2) is 58.3 Å². The number of aryl methyl sites for hydroxylation is 1. The number of carbonyl (C=O) groups is 1. The van der Waals surface area contributed by atoms with Gasteiger partial charge in [-0.2, -0.15) is 10.4 Å². The second-order valence-electron chi connectivity index (χ2n) is 6.85. The van der Waals surface area contributed by atoms with Gasteiger partial charge in [0.05, 0.1) is 24.9 Å². The van der Waals surface area contributed by atoms with Gasteiger partial charge < -0.3 is 10.2 Å². The minimum Gasteiger partial charge on any atom is -0.335 e. The molecule has 130 valence electrons. The van der Waals surface area contributed by atoms with Crippen molar-refractivity contribution in [2.24, 2.45) is 7.05 Å². The number of aromatic nitrogens is 2. The maximum absolute atomic E-state index is 12.7. The summed E-state index contributed by atoms with van der Waals surface area (Å²) in [6.07, 6.45) is 6.83. The normalized spacial score (nSPS) is 21.8. The van der Waals surface area contributed by atoms with Crippen molar-refractivity contribution in [3.8, 4) is 6.07 Å². The van der Waals surface area contributed by atoms with Crippen LogP contribution in [0.5, 0.6) is 0 Å². The van der Waals surface area contributed by atoms with Crippen LogP contribution in [0.3, 0.4) is 0 Å². The van der Waals surface area contributed by atoms with E-state index in [-0.39, 0.29) is 18.1 Å². The van der Waals surface area contributed by atoms with Crippen molar-refractivity contribution >= 4 is 6.03 Å². The molecule has 0 bridgehead atoms. The Morgan fingerprint density at radius 1 is 1.46 bits per heavy atom. The molecule has 1 atom stereocenters. The summed E-state index contributed by atoms with van der Waals surface area (Å²) in [6.45, 7) is 2.23. The molecule has 0 radical (unpaired) electrons. The van der Waals surface area contributed by atoms with Gasteiger partial charge in [0.2, 0.25) is 0 Å². The van der Waals surface area contributed by atoms with Crippen molar-refractivity contribution in [3.05, 3.63) is 17.5 Å². The third-order valence-electron chi connectivity index (χ3n) is 5.34.